The van der Waals surface area contributed by atoms with Crippen molar-refractivity contribution in [3.63, 3.8) is 0 Å². The van der Waals surface area contributed by atoms with Crippen LogP contribution in [0.15, 0.2) is 20.3 Å². The number of halogens is 1. The van der Waals surface area contributed by atoms with Crippen molar-refractivity contribution in [1.29, 1.82) is 0 Å². The van der Waals surface area contributed by atoms with Crippen molar-refractivity contribution in [1.82, 2.24) is 14.9 Å². The van der Waals surface area contributed by atoms with Crippen LogP contribution in [-0.4, -0.2) is 32.6 Å². The summed E-state index contributed by atoms with van der Waals surface area (Å²) in [6.07, 6.45) is 1.77. The van der Waals surface area contributed by atoms with E-state index in [0.717, 1.165) is 4.57 Å². The van der Waals surface area contributed by atoms with Gasteiger partial charge in [-0.3, -0.25) is 19.1 Å². The molecule has 0 saturated carbocycles. The summed E-state index contributed by atoms with van der Waals surface area (Å²) in [6.45, 7) is 3.15. The number of H-pyrrole nitrogens is 1. The Hall–Kier alpha value is -1.90. The van der Waals surface area contributed by atoms with E-state index in [2.05, 4.69) is 21.2 Å². The molecule has 0 aromatic carbocycles. The molecule has 1 aromatic rings. The molecule has 1 heterocycles. The number of rotatable bonds is 6. The van der Waals surface area contributed by atoms with Crippen LogP contribution in [0.3, 0.4) is 0 Å². The first-order chi connectivity index (χ1) is 9.76. The fourth-order valence-corrected chi connectivity index (χ4v) is 2.00. The molecule has 0 fully saturated rings. The third-order valence-electron chi connectivity index (χ3n) is 3.08. The molecule has 0 spiro atoms. The summed E-state index contributed by atoms with van der Waals surface area (Å²) >= 11 is 2.95. The van der Waals surface area contributed by atoms with Gasteiger partial charge in [0.2, 0.25) is 5.91 Å². The highest BCUT2D eigenvalue weighted by molar-refractivity contribution is 9.10. The van der Waals surface area contributed by atoms with Crippen molar-refractivity contribution in [2.24, 2.45) is 5.92 Å². The molecule has 0 aliphatic rings. The molecule has 1 amide bonds. The Morgan fingerprint density at radius 3 is 2.62 bits per heavy atom. The number of carboxylic acids is 1. The van der Waals surface area contributed by atoms with Gasteiger partial charge in [-0.05, 0) is 21.8 Å². The summed E-state index contributed by atoms with van der Waals surface area (Å²) in [5, 5.41) is 11.5. The summed E-state index contributed by atoms with van der Waals surface area (Å²) < 4.78 is 1.09. The zero-order chi connectivity index (χ0) is 16.2. The third kappa shape index (κ3) is 4.55. The topological polar surface area (TPSA) is 121 Å². The molecule has 8 nitrogen and oxygen atoms in total. The fourth-order valence-electron chi connectivity index (χ4n) is 1.66. The zero-order valence-corrected chi connectivity index (χ0v) is 13.1. The van der Waals surface area contributed by atoms with Gasteiger partial charge < -0.3 is 10.4 Å². The van der Waals surface area contributed by atoms with Gasteiger partial charge in [0, 0.05) is 6.20 Å². The van der Waals surface area contributed by atoms with Crippen LogP contribution in [-0.2, 0) is 16.1 Å². The summed E-state index contributed by atoms with van der Waals surface area (Å²) in [4.78, 5) is 47.7. The lowest BCUT2D eigenvalue weighted by atomic mass is 9.99. The minimum Gasteiger partial charge on any atom is -0.480 e. The molecule has 0 aliphatic carbocycles. The number of carboxylic acid groups (broad SMARTS) is 1. The Kier molecular flexibility index (Phi) is 5.89. The number of carbonyl (C=O) groups excluding carboxylic acids is 1. The normalized spacial score (nSPS) is 13.5. The lowest BCUT2D eigenvalue weighted by Gasteiger charge is -2.20. The highest BCUT2D eigenvalue weighted by Crippen LogP contribution is 2.08. The predicted octanol–water partition coefficient (Wildman–Crippen LogP) is -0.0854. The second-order valence-corrected chi connectivity index (χ2v) is 5.49. The SMILES string of the molecule is CC[C@H](C)[C@H](NC(=O)Cn1cc(Br)c(=O)[nH]c1=O)C(=O)O. The van der Waals surface area contributed by atoms with Crippen molar-refractivity contribution in [3.05, 3.63) is 31.5 Å². The molecule has 2 atom stereocenters. The van der Waals surface area contributed by atoms with Crippen LogP contribution in [0.1, 0.15) is 20.3 Å². The zero-order valence-electron chi connectivity index (χ0n) is 11.6. The van der Waals surface area contributed by atoms with Crippen LogP contribution in [0.5, 0.6) is 0 Å². The largest absolute Gasteiger partial charge is 0.480 e. The van der Waals surface area contributed by atoms with Crippen molar-refractivity contribution in [2.75, 3.05) is 0 Å². The number of amides is 1. The van der Waals surface area contributed by atoms with E-state index in [1.807, 2.05) is 11.9 Å². The number of nitrogens with one attached hydrogen (secondary N) is 2. The number of aliphatic carboxylic acids is 1. The monoisotopic (exact) mass is 361 g/mol. The van der Waals surface area contributed by atoms with Gasteiger partial charge in [0.05, 0.1) is 4.47 Å². The van der Waals surface area contributed by atoms with E-state index in [0.29, 0.717) is 6.42 Å². The summed E-state index contributed by atoms with van der Waals surface area (Å²) in [7, 11) is 0. The van der Waals surface area contributed by atoms with Gasteiger partial charge in [0.1, 0.15) is 12.6 Å². The number of hydrogen-bond donors (Lipinski definition) is 3. The average molecular weight is 362 g/mol. The molecule has 0 bridgehead atoms. The van der Waals surface area contributed by atoms with Gasteiger partial charge in [-0.1, -0.05) is 20.3 Å². The van der Waals surface area contributed by atoms with E-state index in [4.69, 9.17) is 5.11 Å². The molecular weight excluding hydrogens is 346 g/mol. The highest BCUT2D eigenvalue weighted by Gasteiger charge is 2.25. The quantitative estimate of drug-likeness (QED) is 0.653. The van der Waals surface area contributed by atoms with Gasteiger partial charge in [-0.25, -0.2) is 9.59 Å². The Morgan fingerprint density at radius 1 is 1.48 bits per heavy atom. The molecule has 116 valence electrons. The van der Waals surface area contributed by atoms with Gasteiger partial charge in [0.15, 0.2) is 0 Å². The molecule has 9 heteroatoms. The van der Waals surface area contributed by atoms with Crippen molar-refractivity contribution < 1.29 is 14.7 Å². The standard InChI is InChI=1S/C12H16BrN3O5/c1-3-6(2)9(11(19)20)14-8(17)5-16-4-7(13)10(18)15-12(16)21/h4,6,9H,3,5H2,1-2H3,(H,14,17)(H,19,20)(H,15,18,21)/t6-,9-/m0/s1. The van der Waals surface area contributed by atoms with Crippen LogP contribution in [0, 0.1) is 5.92 Å². The maximum Gasteiger partial charge on any atom is 0.328 e. The van der Waals surface area contributed by atoms with E-state index in [9.17, 15) is 19.2 Å². The van der Waals surface area contributed by atoms with Gasteiger partial charge in [-0.15, -0.1) is 0 Å². The Balaban J connectivity index is 2.86. The molecule has 0 radical (unpaired) electrons. The lowest BCUT2D eigenvalue weighted by molar-refractivity contribution is -0.143. The maximum atomic E-state index is 11.9. The molecule has 21 heavy (non-hydrogen) atoms. The number of carbonyl (C=O) groups is 2. The first-order valence-electron chi connectivity index (χ1n) is 6.27. The molecule has 3 N–H and O–H groups in total. The van der Waals surface area contributed by atoms with E-state index in [1.165, 1.54) is 6.20 Å². The minimum absolute atomic E-state index is 0.103. The highest BCUT2D eigenvalue weighted by atomic mass is 79.9. The molecular formula is C12H16BrN3O5. The average Bonchev–Trinajstić information content (AvgIpc) is 2.41. The Morgan fingerprint density at radius 2 is 2.10 bits per heavy atom. The first-order valence-corrected chi connectivity index (χ1v) is 7.07. The van der Waals surface area contributed by atoms with Gasteiger partial charge in [-0.2, -0.15) is 0 Å². The lowest BCUT2D eigenvalue weighted by Crippen LogP contribution is -2.47. The molecule has 0 aliphatic heterocycles. The molecule has 1 aromatic heterocycles. The molecule has 1 rings (SSSR count). The number of nitrogens with zero attached hydrogens (tertiary/aromatic N) is 1. The van der Waals surface area contributed by atoms with Gasteiger partial charge in [0.25, 0.3) is 5.56 Å². The summed E-state index contributed by atoms with van der Waals surface area (Å²) in [5.41, 5.74) is -1.34. The fraction of sp³-hybridized carbons (Fsp3) is 0.500. The van der Waals surface area contributed by atoms with Crippen LogP contribution >= 0.6 is 15.9 Å². The second-order valence-electron chi connectivity index (χ2n) is 4.63. The second kappa shape index (κ2) is 7.21. The maximum absolute atomic E-state index is 11.9. The minimum atomic E-state index is -1.13. The predicted molar refractivity (Wildman–Crippen MR) is 78.0 cm³/mol. The summed E-state index contributed by atoms with van der Waals surface area (Å²) in [5.74, 6) is -2.00. The smallest absolute Gasteiger partial charge is 0.328 e. The van der Waals surface area contributed by atoms with E-state index >= 15 is 0 Å². The van der Waals surface area contributed by atoms with Crippen LogP contribution in [0.4, 0.5) is 0 Å². The number of aromatic amines is 1. The van der Waals surface area contributed by atoms with Crippen molar-refractivity contribution in [3.8, 4) is 0 Å². The third-order valence-corrected chi connectivity index (χ3v) is 3.64. The van der Waals surface area contributed by atoms with Crippen LogP contribution < -0.4 is 16.6 Å². The van der Waals surface area contributed by atoms with Crippen molar-refractivity contribution >= 4 is 27.8 Å². The van der Waals surface area contributed by atoms with E-state index in [-0.39, 0.29) is 16.9 Å². The van der Waals surface area contributed by atoms with Gasteiger partial charge >= 0.3 is 11.7 Å². The first kappa shape index (κ1) is 17.2. The Labute approximate surface area is 128 Å². The number of hydrogen-bond acceptors (Lipinski definition) is 4. The van der Waals surface area contributed by atoms with Crippen LogP contribution in [0.2, 0.25) is 0 Å². The van der Waals surface area contributed by atoms with E-state index in [1.54, 1.807) is 6.92 Å². The van der Waals surface area contributed by atoms with Crippen molar-refractivity contribution in [2.45, 2.75) is 32.9 Å². The van der Waals surface area contributed by atoms with E-state index < -0.39 is 29.2 Å². The summed E-state index contributed by atoms with van der Waals surface area (Å²) in [6, 6.07) is -1.02. The van der Waals surface area contributed by atoms with Crippen LogP contribution in [0.25, 0.3) is 0 Å². The molecule has 0 saturated heterocycles. The number of aromatic nitrogens is 2. The Bertz CT molecular complexity index is 651. The molecule has 0 unspecified atom stereocenters.